The van der Waals surface area contributed by atoms with Crippen LogP contribution in [0.2, 0.25) is 0 Å². The third-order valence-corrected chi connectivity index (χ3v) is 0.950. The van der Waals surface area contributed by atoms with E-state index in [1.54, 1.807) is 0 Å². The summed E-state index contributed by atoms with van der Waals surface area (Å²) >= 11 is 1.86. The Kier molecular flexibility index (Phi) is 4.04. The van der Waals surface area contributed by atoms with Crippen LogP contribution in [0.15, 0.2) is 4.58 Å². The summed E-state index contributed by atoms with van der Waals surface area (Å²) in [4.78, 5) is 9.20. The van der Waals surface area contributed by atoms with E-state index in [0.29, 0.717) is 0 Å². The van der Waals surface area contributed by atoms with Crippen LogP contribution in [-0.4, -0.2) is 0 Å². The summed E-state index contributed by atoms with van der Waals surface area (Å²) in [7, 11) is 2.81. The molecule has 5 heteroatoms. The molecule has 0 amide bonds. The molecule has 30 valence electrons. The van der Waals surface area contributed by atoms with E-state index in [-0.39, 0.29) is 0 Å². The van der Waals surface area contributed by atoms with Gasteiger partial charge in [-0.1, -0.05) is 0 Å². The summed E-state index contributed by atoms with van der Waals surface area (Å²) in [6, 6.07) is 0. The molecule has 0 spiro atoms. The monoisotopic (exact) mass is 221 g/mol. The predicted octanol–water partition coefficient (Wildman–Crippen LogP) is 2.34. The van der Waals surface area contributed by atoms with Gasteiger partial charge in [0.2, 0.25) is 0 Å². The van der Waals surface area contributed by atoms with E-state index in [1.807, 2.05) is 21.2 Å². The van der Waals surface area contributed by atoms with Crippen molar-refractivity contribution in [1.29, 1.82) is 0 Å². The summed E-state index contributed by atoms with van der Waals surface area (Å²) in [5, 5.41) is 0. The fourth-order valence-corrected chi connectivity index (χ4v) is 0. The van der Waals surface area contributed by atoms with E-state index >= 15 is 0 Å². The van der Waals surface area contributed by atoms with Crippen LogP contribution in [0.4, 0.5) is 0 Å². The van der Waals surface area contributed by atoms with Gasteiger partial charge in [-0.25, -0.2) is 0 Å². The molecule has 0 aromatic carbocycles. The molecule has 0 bridgehead atoms. The molecule has 1 atom stereocenters. The van der Waals surface area contributed by atoms with Crippen molar-refractivity contribution in [3.05, 3.63) is 4.91 Å². The standard InChI is InChI=1S/HINOPS/c1-5(4)2-3/h5H. The Morgan fingerprint density at radius 1 is 2.00 bits per heavy atom. The molecule has 0 fully saturated rings. The Hall–Kier alpha value is 1.11. The summed E-state index contributed by atoms with van der Waals surface area (Å²) in [5.41, 5.74) is 0. The van der Waals surface area contributed by atoms with Gasteiger partial charge >= 0.3 is 45.7 Å². The van der Waals surface area contributed by atoms with Crippen molar-refractivity contribution in [2.45, 2.75) is 0 Å². The molecule has 0 aromatic heterocycles. The second-order valence-corrected chi connectivity index (χ2v) is 7.14. The Balaban J connectivity index is 3.36. The summed E-state index contributed by atoms with van der Waals surface area (Å²) < 4.78 is 2.55. The molecule has 0 saturated carbocycles. The Morgan fingerprint density at radius 2 is 2.20 bits per heavy atom. The molecule has 0 radical (unpaired) electrons. The molecule has 0 aliphatic heterocycles. The zero-order valence-electron chi connectivity index (χ0n) is 2.13. The van der Waals surface area contributed by atoms with Crippen molar-refractivity contribution >= 4 is 36.2 Å². The van der Waals surface area contributed by atoms with Crippen molar-refractivity contribution in [1.82, 2.24) is 0 Å². The van der Waals surface area contributed by atoms with E-state index in [1.165, 1.54) is 0 Å². The topological polar surface area (TPSA) is 29.4 Å². The number of rotatable bonds is 0. The van der Waals surface area contributed by atoms with Crippen LogP contribution in [0.3, 0.4) is 0 Å². The molecule has 0 rings (SSSR count). The van der Waals surface area contributed by atoms with Gasteiger partial charge in [-0.15, -0.1) is 0 Å². The number of hydrogen-bond acceptors (Lipinski definition) is 2. The van der Waals surface area contributed by atoms with Gasteiger partial charge in [0, 0.05) is 0 Å². The van der Waals surface area contributed by atoms with Crippen LogP contribution in [0.5, 0.6) is 0 Å². The SMILES string of the molecule is O=N[SH](#P)I. The molecular formula is HINOPS. The van der Waals surface area contributed by atoms with Crippen molar-refractivity contribution in [2.24, 2.45) is 4.58 Å². The summed E-state index contributed by atoms with van der Waals surface area (Å²) in [6.07, 6.45) is 0. The van der Waals surface area contributed by atoms with Gasteiger partial charge in [-0.05, 0) is 0 Å². The Morgan fingerprint density at radius 3 is 2.20 bits per heavy atom. The average molecular weight is 221 g/mol. The third kappa shape index (κ3) is 5.11. The number of thiol groups is 1. The molecule has 0 aliphatic carbocycles. The van der Waals surface area contributed by atoms with Gasteiger partial charge in [0.05, 0.1) is 0 Å². The van der Waals surface area contributed by atoms with Crippen molar-refractivity contribution < 1.29 is 0 Å². The molecular weight excluding hydrogens is 220 g/mol. The van der Waals surface area contributed by atoms with Crippen molar-refractivity contribution in [2.75, 3.05) is 0 Å². The Bertz CT molecular complexity index is 91.6. The van der Waals surface area contributed by atoms with E-state index in [0.717, 1.165) is 0 Å². The first-order valence-corrected chi connectivity index (χ1v) is 5.98. The van der Waals surface area contributed by atoms with E-state index < -0.39 is 7.23 Å². The van der Waals surface area contributed by atoms with E-state index in [2.05, 4.69) is 12.4 Å². The molecule has 0 saturated heterocycles. The second kappa shape index (κ2) is 3.31. The van der Waals surface area contributed by atoms with Gasteiger partial charge in [0.15, 0.2) is 0 Å². The maximum atomic E-state index is 9.20. The first kappa shape index (κ1) is 6.11. The quantitative estimate of drug-likeness (QED) is 0.289. The fraction of sp³-hybridized carbons (Fsp3) is 0. The van der Waals surface area contributed by atoms with Crippen LogP contribution in [0.1, 0.15) is 0 Å². The van der Waals surface area contributed by atoms with Crippen LogP contribution in [0.25, 0.3) is 0 Å². The van der Waals surface area contributed by atoms with Crippen LogP contribution < -0.4 is 0 Å². The third-order valence-electron chi connectivity index (χ3n) is 0.0674. The number of halogens is 1. The van der Waals surface area contributed by atoms with Gasteiger partial charge < -0.3 is 0 Å². The summed E-state index contributed by atoms with van der Waals surface area (Å²) in [6.45, 7) is 0. The predicted molar refractivity (Wildman–Crippen MR) is 35.7 cm³/mol. The average Bonchev–Trinajstić information content (AvgIpc) is 1.38. The van der Waals surface area contributed by atoms with E-state index in [9.17, 15) is 4.91 Å². The zero-order valence-corrected chi connectivity index (χ0v) is 6.07. The molecule has 0 aliphatic rings. The fourth-order valence-electron chi connectivity index (χ4n) is 0. The number of hydrogen-bond donors (Lipinski definition) is 1. The number of nitrogens with zero attached hydrogens (tertiary/aromatic N) is 1. The first-order valence-electron chi connectivity index (χ1n) is 0.752. The van der Waals surface area contributed by atoms with Crippen LogP contribution in [0, 0.1) is 4.91 Å². The van der Waals surface area contributed by atoms with Crippen LogP contribution >= 0.6 is 36.2 Å². The summed E-state index contributed by atoms with van der Waals surface area (Å²) in [5.74, 6) is 0. The van der Waals surface area contributed by atoms with E-state index in [4.69, 9.17) is 0 Å². The van der Waals surface area contributed by atoms with Crippen molar-refractivity contribution in [3.63, 3.8) is 0 Å². The Labute approximate surface area is 45.8 Å². The number of nitroso groups, excluding NO2 is 1. The molecule has 0 heterocycles. The molecule has 2 nitrogen and oxygen atoms in total. The minimum atomic E-state index is -0.864. The molecule has 0 N–H and O–H groups in total. The van der Waals surface area contributed by atoms with Crippen molar-refractivity contribution in [3.8, 4) is 0 Å². The van der Waals surface area contributed by atoms with Crippen LogP contribution in [-0.2, 0) is 0 Å². The van der Waals surface area contributed by atoms with Gasteiger partial charge in [-0.2, -0.15) is 0 Å². The molecule has 5 heavy (non-hydrogen) atoms. The normalized spacial score (nSPS) is 13.6. The van der Waals surface area contributed by atoms with Gasteiger partial charge in [-0.3, -0.25) is 0 Å². The van der Waals surface area contributed by atoms with Gasteiger partial charge in [0.1, 0.15) is 0 Å². The molecule has 1 unspecified atom stereocenters. The minimum absolute atomic E-state index is 0.864. The first-order chi connectivity index (χ1) is 2.27. The maximum absolute atomic E-state index is 9.20. The van der Waals surface area contributed by atoms with Gasteiger partial charge in [0.25, 0.3) is 0 Å². The molecule has 0 aromatic rings. The second-order valence-electron chi connectivity index (χ2n) is 0.322. The zero-order chi connectivity index (χ0) is 4.28.